The molecule has 0 aliphatic rings. The van der Waals surface area contributed by atoms with E-state index >= 15 is 0 Å². The number of rotatable bonds is 8. The molecule has 0 aliphatic carbocycles. The molecule has 0 saturated heterocycles. The van der Waals surface area contributed by atoms with Crippen LogP contribution in [0.4, 0.5) is 0 Å². The fourth-order valence-corrected chi connectivity index (χ4v) is 2.11. The SMILES string of the molecule is CCCNC(=O)C(C)NCc1ccc(S(=O)(=O)NC)o1. The number of hydrogen-bond donors (Lipinski definition) is 3. The summed E-state index contributed by atoms with van der Waals surface area (Å²) in [6, 6.07) is 2.56. The summed E-state index contributed by atoms with van der Waals surface area (Å²) in [6.45, 7) is 4.63. The zero-order valence-electron chi connectivity index (χ0n) is 11.9. The number of carbonyl (C=O) groups excluding carboxylic acids is 1. The van der Waals surface area contributed by atoms with Crippen molar-refractivity contribution in [1.29, 1.82) is 0 Å². The summed E-state index contributed by atoms with van der Waals surface area (Å²) in [6.07, 6.45) is 0.877. The summed E-state index contributed by atoms with van der Waals surface area (Å²) in [5.41, 5.74) is 0. The summed E-state index contributed by atoms with van der Waals surface area (Å²) < 4.78 is 30.4. The molecule has 1 unspecified atom stereocenters. The van der Waals surface area contributed by atoms with Crippen LogP contribution in [-0.4, -0.2) is 34.0 Å². The van der Waals surface area contributed by atoms with Gasteiger partial charge in [-0.25, -0.2) is 13.1 Å². The quantitative estimate of drug-likeness (QED) is 0.636. The Morgan fingerprint density at radius 2 is 2.10 bits per heavy atom. The van der Waals surface area contributed by atoms with Crippen LogP contribution in [0.1, 0.15) is 26.0 Å². The highest BCUT2D eigenvalue weighted by molar-refractivity contribution is 7.89. The van der Waals surface area contributed by atoms with Crippen LogP contribution in [0.25, 0.3) is 0 Å². The van der Waals surface area contributed by atoms with Gasteiger partial charge in [-0.1, -0.05) is 6.92 Å². The predicted molar refractivity (Wildman–Crippen MR) is 74.6 cm³/mol. The average Bonchev–Trinajstić information content (AvgIpc) is 2.91. The highest BCUT2D eigenvalue weighted by Crippen LogP contribution is 2.13. The van der Waals surface area contributed by atoms with Gasteiger partial charge in [-0.3, -0.25) is 10.1 Å². The van der Waals surface area contributed by atoms with Crippen LogP contribution >= 0.6 is 0 Å². The van der Waals surface area contributed by atoms with E-state index in [0.29, 0.717) is 12.3 Å². The predicted octanol–water partition coefficient (Wildman–Crippen LogP) is 0.192. The van der Waals surface area contributed by atoms with Crippen LogP contribution in [0.15, 0.2) is 21.6 Å². The monoisotopic (exact) mass is 303 g/mol. The van der Waals surface area contributed by atoms with Gasteiger partial charge >= 0.3 is 0 Å². The summed E-state index contributed by atoms with van der Waals surface area (Å²) in [5, 5.41) is 5.60. The normalized spacial score (nSPS) is 13.2. The van der Waals surface area contributed by atoms with Crippen molar-refractivity contribution < 1.29 is 17.6 Å². The maximum Gasteiger partial charge on any atom is 0.273 e. The first-order chi connectivity index (χ1) is 9.40. The molecule has 3 N–H and O–H groups in total. The van der Waals surface area contributed by atoms with Gasteiger partial charge < -0.3 is 9.73 Å². The molecule has 0 aliphatic heterocycles. The maximum atomic E-state index is 11.6. The van der Waals surface area contributed by atoms with E-state index in [1.807, 2.05) is 6.92 Å². The van der Waals surface area contributed by atoms with E-state index in [0.717, 1.165) is 6.42 Å². The van der Waals surface area contributed by atoms with Crippen molar-refractivity contribution in [3.8, 4) is 0 Å². The minimum Gasteiger partial charge on any atom is -0.447 e. The van der Waals surface area contributed by atoms with Gasteiger partial charge in [-0.15, -0.1) is 0 Å². The van der Waals surface area contributed by atoms with Crippen molar-refractivity contribution in [2.24, 2.45) is 0 Å². The van der Waals surface area contributed by atoms with Crippen LogP contribution < -0.4 is 15.4 Å². The van der Waals surface area contributed by atoms with Crippen molar-refractivity contribution >= 4 is 15.9 Å². The van der Waals surface area contributed by atoms with E-state index < -0.39 is 10.0 Å². The Bertz CT molecular complexity index is 539. The minimum atomic E-state index is -3.57. The molecular formula is C12H21N3O4S. The van der Waals surface area contributed by atoms with Crippen LogP contribution in [-0.2, 0) is 21.4 Å². The van der Waals surface area contributed by atoms with Crippen molar-refractivity contribution in [2.45, 2.75) is 37.9 Å². The molecule has 0 fully saturated rings. The largest absolute Gasteiger partial charge is 0.447 e. The van der Waals surface area contributed by atoms with Gasteiger partial charge in [-0.05, 0) is 32.5 Å². The van der Waals surface area contributed by atoms with Gasteiger partial charge in [0.2, 0.25) is 11.0 Å². The third kappa shape index (κ3) is 4.62. The lowest BCUT2D eigenvalue weighted by atomic mass is 10.3. The van der Waals surface area contributed by atoms with E-state index in [-0.39, 0.29) is 23.6 Å². The first kappa shape index (κ1) is 16.7. The Morgan fingerprint density at radius 1 is 1.40 bits per heavy atom. The lowest BCUT2D eigenvalue weighted by Crippen LogP contribution is -2.42. The molecule has 0 spiro atoms. The second-order valence-electron chi connectivity index (χ2n) is 4.32. The molecule has 114 valence electrons. The molecule has 0 radical (unpaired) electrons. The highest BCUT2D eigenvalue weighted by atomic mass is 32.2. The molecular weight excluding hydrogens is 282 g/mol. The Morgan fingerprint density at radius 3 is 2.70 bits per heavy atom. The minimum absolute atomic E-state index is 0.0959. The van der Waals surface area contributed by atoms with Crippen molar-refractivity contribution in [2.75, 3.05) is 13.6 Å². The smallest absolute Gasteiger partial charge is 0.273 e. The lowest BCUT2D eigenvalue weighted by molar-refractivity contribution is -0.122. The standard InChI is InChI=1S/C12H21N3O4S/c1-4-7-14-12(16)9(2)15-8-10-5-6-11(19-10)20(17,18)13-3/h5-6,9,13,15H,4,7-8H2,1-3H3,(H,14,16). The first-order valence-corrected chi connectivity index (χ1v) is 7.92. The van der Waals surface area contributed by atoms with E-state index in [1.54, 1.807) is 13.0 Å². The molecule has 0 aromatic carbocycles. The zero-order chi connectivity index (χ0) is 15.2. The number of carbonyl (C=O) groups is 1. The Kier molecular flexibility index (Phi) is 6.18. The molecule has 1 amide bonds. The second-order valence-corrected chi connectivity index (χ2v) is 6.14. The van der Waals surface area contributed by atoms with Gasteiger partial charge in [0, 0.05) is 6.54 Å². The molecule has 0 saturated carbocycles. The van der Waals surface area contributed by atoms with Crippen LogP contribution in [0, 0.1) is 0 Å². The third-order valence-electron chi connectivity index (χ3n) is 2.70. The maximum absolute atomic E-state index is 11.6. The third-order valence-corrected chi connectivity index (χ3v) is 3.98. The summed E-state index contributed by atoms with van der Waals surface area (Å²) >= 11 is 0. The number of nitrogens with one attached hydrogen (secondary N) is 3. The van der Waals surface area contributed by atoms with E-state index in [9.17, 15) is 13.2 Å². The van der Waals surface area contributed by atoms with Gasteiger partial charge in [0.1, 0.15) is 5.76 Å². The summed E-state index contributed by atoms with van der Waals surface area (Å²) in [4.78, 5) is 11.6. The van der Waals surface area contributed by atoms with E-state index in [1.165, 1.54) is 13.1 Å². The molecule has 1 aromatic heterocycles. The molecule has 8 heteroatoms. The Hall–Kier alpha value is -1.38. The highest BCUT2D eigenvalue weighted by Gasteiger charge is 2.17. The zero-order valence-corrected chi connectivity index (χ0v) is 12.7. The molecule has 1 atom stereocenters. The molecule has 1 rings (SSSR count). The van der Waals surface area contributed by atoms with E-state index in [2.05, 4.69) is 15.4 Å². The number of furan rings is 1. The molecule has 20 heavy (non-hydrogen) atoms. The van der Waals surface area contributed by atoms with Crippen molar-refractivity contribution in [3.05, 3.63) is 17.9 Å². The van der Waals surface area contributed by atoms with Gasteiger partial charge in [0.15, 0.2) is 0 Å². The average molecular weight is 303 g/mol. The van der Waals surface area contributed by atoms with Crippen LogP contribution in [0.3, 0.4) is 0 Å². The number of sulfonamides is 1. The van der Waals surface area contributed by atoms with Gasteiger partial charge in [-0.2, -0.15) is 0 Å². The van der Waals surface area contributed by atoms with Crippen LogP contribution in [0.2, 0.25) is 0 Å². The molecule has 1 aromatic rings. The molecule has 7 nitrogen and oxygen atoms in total. The number of amides is 1. The summed E-state index contributed by atoms with van der Waals surface area (Å²) in [7, 11) is -2.25. The first-order valence-electron chi connectivity index (χ1n) is 6.44. The van der Waals surface area contributed by atoms with Crippen molar-refractivity contribution in [1.82, 2.24) is 15.4 Å². The van der Waals surface area contributed by atoms with Crippen LogP contribution in [0.5, 0.6) is 0 Å². The van der Waals surface area contributed by atoms with Crippen molar-refractivity contribution in [3.63, 3.8) is 0 Å². The second kappa shape index (κ2) is 7.41. The fraction of sp³-hybridized carbons (Fsp3) is 0.583. The number of hydrogen-bond acceptors (Lipinski definition) is 5. The Labute approximate surface area is 119 Å². The summed E-state index contributed by atoms with van der Waals surface area (Å²) in [5.74, 6) is 0.357. The molecule has 0 bridgehead atoms. The molecule has 1 heterocycles. The van der Waals surface area contributed by atoms with Gasteiger partial charge in [0.05, 0.1) is 12.6 Å². The topological polar surface area (TPSA) is 100 Å². The fourth-order valence-electron chi connectivity index (χ4n) is 1.45. The van der Waals surface area contributed by atoms with Gasteiger partial charge in [0.25, 0.3) is 10.0 Å². The lowest BCUT2D eigenvalue weighted by Gasteiger charge is -2.12. The Balaban J connectivity index is 2.52. The van der Waals surface area contributed by atoms with E-state index in [4.69, 9.17) is 4.42 Å².